The molecule has 0 aliphatic carbocycles. The molecule has 0 fully saturated rings. The topological polar surface area (TPSA) is 24.9 Å². The van der Waals surface area contributed by atoms with Crippen molar-refractivity contribution in [2.75, 3.05) is 6.54 Å². The third-order valence-corrected chi connectivity index (χ3v) is 4.16. The van der Waals surface area contributed by atoms with Crippen LogP contribution in [-0.2, 0) is 6.54 Å². The molecule has 2 nitrogen and oxygen atoms in total. The molecule has 1 rings (SSSR count). The lowest BCUT2D eigenvalue weighted by Crippen LogP contribution is -2.15. The summed E-state index contributed by atoms with van der Waals surface area (Å²) in [5, 5.41) is 3.54. The van der Waals surface area contributed by atoms with Crippen LogP contribution in [0.15, 0.2) is 18.5 Å². The Morgan fingerprint density at radius 3 is 2.14 bits per heavy atom. The molecule has 0 bridgehead atoms. The fourth-order valence-corrected chi connectivity index (χ4v) is 2.66. The molecule has 2 heteroatoms. The lowest BCUT2D eigenvalue weighted by Gasteiger charge is -2.07. The van der Waals surface area contributed by atoms with E-state index in [1.165, 1.54) is 75.3 Å². The summed E-state index contributed by atoms with van der Waals surface area (Å²) >= 11 is 0. The van der Waals surface area contributed by atoms with Crippen molar-refractivity contribution in [3.8, 4) is 0 Å². The van der Waals surface area contributed by atoms with Crippen LogP contribution < -0.4 is 5.32 Å². The number of nitrogens with one attached hydrogen (secondary N) is 1. The van der Waals surface area contributed by atoms with Gasteiger partial charge in [-0.15, -0.1) is 0 Å². The van der Waals surface area contributed by atoms with Crippen molar-refractivity contribution in [2.24, 2.45) is 0 Å². The normalized spacial score (nSPS) is 11.0. The van der Waals surface area contributed by atoms with E-state index in [0.29, 0.717) is 0 Å². The Morgan fingerprint density at radius 2 is 1.52 bits per heavy atom. The van der Waals surface area contributed by atoms with Gasteiger partial charge in [-0.3, -0.25) is 4.98 Å². The summed E-state index contributed by atoms with van der Waals surface area (Å²) < 4.78 is 0. The first-order valence-electron chi connectivity index (χ1n) is 8.94. The van der Waals surface area contributed by atoms with Crippen molar-refractivity contribution in [1.82, 2.24) is 10.3 Å². The molecular formula is C19H34N2. The van der Waals surface area contributed by atoms with Gasteiger partial charge in [0.15, 0.2) is 0 Å². The van der Waals surface area contributed by atoms with Gasteiger partial charge < -0.3 is 5.32 Å². The summed E-state index contributed by atoms with van der Waals surface area (Å²) in [5.41, 5.74) is 2.66. The fourth-order valence-electron chi connectivity index (χ4n) is 2.66. The minimum absolute atomic E-state index is 0.978. The van der Waals surface area contributed by atoms with Crippen LogP contribution in [0.2, 0.25) is 0 Å². The molecule has 0 saturated heterocycles. The number of rotatable bonds is 13. The predicted octanol–water partition coefficient (Wildman–Crippen LogP) is 5.40. The smallest absolute Gasteiger partial charge is 0.0300 e. The highest BCUT2D eigenvalue weighted by atomic mass is 14.8. The molecule has 0 aromatic carbocycles. The largest absolute Gasteiger partial charge is 0.313 e. The van der Waals surface area contributed by atoms with Crippen molar-refractivity contribution in [1.29, 1.82) is 0 Å². The van der Waals surface area contributed by atoms with Crippen molar-refractivity contribution in [3.05, 3.63) is 29.6 Å². The average Bonchev–Trinajstić information content (AvgIpc) is 2.50. The highest BCUT2D eigenvalue weighted by molar-refractivity contribution is 5.21. The number of unbranched alkanes of at least 4 members (excludes halogenated alkanes) is 9. The second-order valence-corrected chi connectivity index (χ2v) is 6.16. The molecular weight excluding hydrogens is 256 g/mol. The lowest BCUT2D eigenvalue weighted by atomic mass is 10.1. The maximum atomic E-state index is 4.13. The Balaban J connectivity index is 1.84. The third-order valence-electron chi connectivity index (χ3n) is 4.16. The maximum Gasteiger partial charge on any atom is 0.0300 e. The lowest BCUT2D eigenvalue weighted by molar-refractivity contribution is 0.543. The van der Waals surface area contributed by atoms with Crippen molar-refractivity contribution in [3.63, 3.8) is 0 Å². The summed E-state index contributed by atoms with van der Waals surface area (Å²) in [7, 11) is 0. The van der Waals surface area contributed by atoms with Crippen LogP contribution in [0.4, 0.5) is 0 Å². The van der Waals surface area contributed by atoms with Crippen LogP contribution >= 0.6 is 0 Å². The third kappa shape index (κ3) is 9.62. The predicted molar refractivity (Wildman–Crippen MR) is 92.5 cm³/mol. The minimum atomic E-state index is 0.978. The molecule has 1 aromatic rings. The molecule has 0 aliphatic rings. The second-order valence-electron chi connectivity index (χ2n) is 6.16. The highest BCUT2D eigenvalue weighted by Crippen LogP contribution is 2.10. The number of aryl methyl sites for hydroxylation is 1. The summed E-state index contributed by atoms with van der Waals surface area (Å²) in [6, 6.07) is 2.11. The number of nitrogens with zero attached hydrogens (tertiary/aromatic N) is 1. The van der Waals surface area contributed by atoms with E-state index < -0.39 is 0 Å². The summed E-state index contributed by atoms with van der Waals surface area (Å²) in [4.78, 5) is 4.13. The quantitative estimate of drug-likeness (QED) is 0.492. The van der Waals surface area contributed by atoms with Gasteiger partial charge in [-0.1, -0.05) is 64.7 Å². The van der Waals surface area contributed by atoms with Gasteiger partial charge in [-0.25, -0.2) is 0 Å². The number of pyridine rings is 1. The van der Waals surface area contributed by atoms with E-state index in [-0.39, 0.29) is 0 Å². The van der Waals surface area contributed by atoms with Crippen LogP contribution in [0, 0.1) is 6.92 Å². The molecule has 1 aromatic heterocycles. The van der Waals surface area contributed by atoms with E-state index in [4.69, 9.17) is 0 Å². The average molecular weight is 290 g/mol. The standard InChI is InChI=1S/C19H34N2/c1-3-4-5-6-7-8-9-10-11-12-14-20-17-19-13-15-21-16-18(19)2/h13,15-16,20H,3-12,14,17H2,1-2H3. The number of aromatic nitrogens is 1. The van der Waals surface area contributed by atoms with E-state index in [2.05, 4.69) is 30.2 Å². The van der Waals surface area contributed by atoms with Gasteiger partial charge in [-0.2, -0.15) is 0 Å². The van der Waals surface area contributed by atoms with Crippen LogP contribution in [0.25, 0.3) is 0 Å². The molecule has 0 unspecified atom stereocenters. The zero-order valence-corrected chi connectivity index (χ0v) is 14.2. The Labute approximate surface area is 131 Å². The first-order valence-corrected chi connectivity index (χ1v) is 8.94. The molecule has 0 spiro atoms. The van der Waals surface area contributed by atoms with Gasteiger partial charge in [0, 0.05) is 18.9 Å². The highest BCUT2D eigenvalue weighted by Gasteiger charge is 1.97. The van der Waals surface area contributed by atoms with Gasteiger partial charge in [0.25, 0.3) is 0 Å². The van der Waals surface area contributed by atoms with E-state index in [0.717, 1.165) is 13.1 Å². The molecule has 0 aliphatic heterocycles. The fraction of sp³-hybridized carbons (Fsp3) is 0.737. The first-order chi connectivity index (χ1) is 10.3. The molecule has 21 heavy (non-hydrogen) atoms. The molecule has 0 saturated carbocycles. The summed E-state index contributed by atoms with van der Waals surface area (Å²) in [6.07, 6.45) is 17.9. The molecule has 0 radical (unpaired) electrons. The van der Waals surface area contributed by atoms with Crippen molar-refractivity contribution >= 4 is 0 Å². The number of hydrogen-bond donors (Lipinski definition) is 1. The van der Waals surface area contributed by atoms with Gasteiger partial charge >= 0.3 is 0 Å². The Bertz CT molecular complexity index is 349. The zero-order valence-electron chi connectivity index (χ0n) is 14.2. The van der Waals surface area contributed by atoms with Crippen LogP contribution in [0.1, 0.15) is 82.3 Å². The summed E-state index contributed by atoms with van der Waals surface area (Å²) in [5.74, 6) is 0. The van der Waals surface area contributed by atoms with E-state index in [1.54, 1.807) is 0 Å². The van der Waals surface area contributed by atoms with Gasteiger partial charge in [0.1, 0.15) is 0 Å². The van der Waals surface area contributed by atoms with Gasteiger partial charge in [0.05, 0.1) is 0 Å². The summed E-state index contributed by atoms with van der Waals surface area (Å²) in [6.45, 7) is 6.53. The number of hydrogen-bond acceptors (Lipinski definition) is 2. The minimum Gasteiger partial charge on any atom is -0.313 e. The zero-order chi connectivity index (χ0) is 15.2. The van der Waals surface area contributed by atoms with Crippen LogP contribution in [-0.4, -0.2) is 11.5 Å². The molecule has 0 atom stereocenters. The Kier molecular flexibility index (Phi) is 11.1. The van der Waals surface area contributed by atoms with Crippen LogP contribution in [0.3, 0.4) is 0 Å². The van der Waals surface area contributed by atoms with Crippen molar-refractivity contribution < 1.29 is 0 Å². The molecule has 1 N–H and O–H groups in total. The SMILES string of the molecule is CCCCCCCCCCCCNCc1ccncc1C. The molecule has 1 heterocycles. The molecule has 120 valence electrons. The van der Waals surface area contributed by atoms with Gasteiger partial charge in [0.2, 0.25) is 0 Å². The Hall–Kier alpha value is -0.890. The van der Waals surface area contributed by atoms with E-state index in [9.17, 15) is 0 Å². The first kappa shape index (κ1) is 18.2. The van der Waals surface area contributed by atoms with E-state index in [1.807, 2.05) is 12.4 Å². The molecule has 0 amide bonds. The van der Waals surface area contributed by atoms with E-state index >= 15 is 0 Å². The monoisotopic (exact) mass is 290 g/mol. The van der Waals surface area contributed by atoms with Crippen molar-refractivity contribution in [2.45, 2.75) is 84.6 Å². The van der Waals surface area contributed by atoms with Gasteiger partial charge in [-0.05, 0) is 37.1 Å². The Morgan fingerprint density at radius 1 is 0.905 bits per heavy atom. The second kappa shape index (κ2) is 12.8. The maximum absolute atomic E-state index is 4.13. The van der Waals surface area contributed by atoms with Crippen LogP contribution in [0.5, 0.6) is 0 Å².